The van der Waals surface area contributed by atoms with Crippen LogP contribution in [0.4, 0.5) is 0 Å². The summed E-state index contributed by atoms with van der Waals surface area (Å²) in [6.45, 7) is 5.24. The van der Waals surface area contributed by atoms with Crippen LogP contribution in [0.15, 0.2) is 36.4 Å². The van der Waals surface area contributed by atoms with Gasteiger partial charge in [-0.15, -0.1) is 0 Å². The normalized spacial score (nSPS) is 25.2. The first kappa shape index (κ1) is 24.1. The number of ketones is 1. The van der Waals surface area contributed by atoms with Gasteiger partial charge in [0.1, 0.15) is 18.0 Å². The highest BCUT2D eigenvalue weighted by atomic mass is 16.7. The lowest BCUT2D eigenvalue weighted by Gasteiger charge is -2.38. The molecule has 0 aliphatic carbocycles. The number of aliphatic hydroxyl groups excluding tert-OH is 1. The highest BCUT2D eigenvalue weighted by molar-refractivity contribution is 5.89. The molecular weight excluding hydrogens is 388 g/mol. The molecule has 7 heteroatoms. The van der Waals surface area contributed by atoms with Gasteiger partial charge in [-0.1, -0.05) is 12.5 Å². The van der Waals surface area contributed by atoms with E-state index in [-0.39, 0.29) is 24.1 Å². The predicted octanol–water partition coefficient (Wildman–Crippen LogP) is 3.52. The van der Waals surface area contributed by atoms with Crippen LogP contribution in [0, 0.1) is 0 Å². The van der Waals surface area contributed by atoms with E-state index in [1.807, 2.05) is 13.0 Å². The Morgan fingerprint density at radius 1 is 1.27 bits per heavy atom. The molecule has 166 valence electrons. The summed E-state index contributed by atoms with van der Waals surface area (Å²) in [4.78, 5) is 23.1. The summed E-state index contributed by atoms with van der Waals surface area (Å²) < 4.78 is 17.1. The number of phenols is 1. The lowest BCUT2D eigenvalue weighted by molar-refractivity contribution is -0.273. The molecule has 0 aromatic heterocycles. The van der Waals surface area contributed by atoms with Gasteiger partial charge in [-0.05, 0) is 70.4 Å². The van der Waals surface area contributed by atoms with Crippen molar-refractivity contribution in [1.29, 1.82) is 0 Å². The Kier molecular flexibility index (Phi) is 9.49. The van der Waals surface area contributed by atoms with Gasteiger partial charge in [0, 0.05) is 6.42 Å². The Morgan fingerprint density at radius 2 is 1.97 bits per heavy atom. The first-order valence-corrected chi connectivity index (χ1v) is 10.4. The van der Waals surface area contributed by atoms with Gasteiger partial charge in [0.25, 0.3) is 0 Å². The molecule has 2 rings (SSSR count). The molecule has 1 aromatic carbocycles. The van der Waals surface area contributed by atoms with E-state index in [9.17, 15) is 19.8 Å². The minimum absolute atomic E-state index is 0.0521. The zero-order valence-electron chi connectivity index (χ0n) is 17.8. The van der Waals surface area contributed by atoms with Crippen molar-refractivity contribution in [3.63, 3.8) is 0 Å². The number of unbranched alkanes of at least 4 members (excludes halogenated alkanes) is 2. The standard InChI is InChI=1S/C23H32O7/c1-15(24)8-6-4-5-7-9-16(2)28-23-20(26)14-21(17(3)29-23)30-22(27)18-10-12-19(25)13-11-18/h6,8,10-13,16-17,20-21,23,25-26H,4-5,7,9,14H2,1-3H3/b8-6+/t16-,17?,20?,21-,23-/m1/s1. The van der Waals surface area contributed by atoms with E-state index in [0.717, 1.165) is 25.7 Å². The van der Waals surface area contributed by atoms with E-state index in [1.165, 1.54) is 31.2 Å². The molecule has 0 radical (unpaired) electrons. The highest BCUT2D eigenvalue weighted by Gasteiger charge is 2.38. The van der Waals surface area contributed by atoms with Gasteiger partial charge in [0.15, 0.2) is 12.1 Å². The molecule has 0 bridgehead atoms. The number of aliphatic hydroxyl groups is 1. The monoisotopic (exact) mass is 420 g/mol. The summed E-state index contributed by atoms with van der Waals surface area (Å²) in [5.41, 5.74) is 0.319. The van der Waals surface area contributed by atoms with E-state index in [0.29, 0.717) is 5.56 Å². The van der Waals surface area contributed by atoms with Crippen LogP contribution >= 0.6 is 0 Å². The number of aromatic hydroxyl groups is 1. The number of ether oxygens (including phenoxy) is 3. The number of hydrogen-bond acceptors (Lipinski definition) is 7. The van der Waals surface area contributed by atoms with Crippen LogP contribution in [-0.2, 0) is 19.0 Å². The zero-order chi connectivity index (χ0) is 22.1. The van der Waals surface area contributed by atoms with E-state index in [2.05, 4.69) is 0 Å². The molecule has 5 atom stereocenters. The maximum absolute atomic E-state index is 12.3. The van der Waals surface area contributed by atoms with E-state index < -0.39 is 30.6 Å². The SMILES string of the molecule is CC(=O)/C=C/CCCC[C@@H](C)O[C@@H]1OC(C)[C@H](OC(=O)c2ccc(O)cc2)CC1O. The van der Waals surface area contributed by atoms with Crippen molar-refractivity contribution in [2.75, 3.05) is 0 Å². The molecule has 30 heavy (non-hydrogen) atoms. The maximum atomic E-state index is 12.3. The third-order valence-electron chi connectivity index (χ3n) is 4.97. The summed E-state index contributed by atoms with van der Waals surface area (Å²) >= 11 is 0. The molecule has 0 saturated carbocycles. The Labute approximate surface area is 177 Å². The lowest BCUT2D eigenvalue weighted by atomic mass is 10.0. The number of carbonyl (C=O) groups is 2. The average molecular weight is 421 g/mol. The Balaban J connectivity index is 1.75. The van der Waals surface area contributed by atoms with Crippen molar-refractivity contribution in [2.24, 2.45) is 0 Å². The third-order valence-corrected chi connectivity index (χ3v) is 4.97. The minimum Gasteiger partial charge on any atom is -0.508 e. The fourth-order valence-electron chi connectivity index (χ4n) is 3.24. The predicted molar refractivity (Wildman–Crippen MR) is 111 cm³/mol. The second-order valence-electron chi connectivity index (χ2n) is 7.75. The number of rotatable bonds is 10. The van der Waals surface area contributed by atoms with Crippen molar-refractivity contribution < 1.29 is 34.0 Å². The summed E-state index contributed by atoms with van der Waals surface area (Å²) in [5.74, 6) is -0.413. The molecule has 0 spiro atoms. The van der Waals surface area contributed by atoms with Gasteiger partial charge < -0.3 is 24.4 Å². The Hall–Kier alpha value is -2.22. The fourth-order valence-corrected chi connectivity index (χ4v) is 3.24. The average Bonchev–Trinajstić information content (AvgIpc) is 2.68. The van der Waals surface area contributed by atoms with Crippen molar-refractivity contribution in [3.05, 3.63) is 42.0 Å². The maximum Gasteiger partial charge on any atom is 0.338 e. The lowest BCUT2D eigenvalue weighted by Crippen LogP contribution is -2.49. The third kappa shape index (κ3) is 7.89. The van der Waals surface area contributed by atoms with Crippen LogP contribution in [0.25, 0.3) is 0 Å². The second-order valence-corrected chi connectivity index (χ2v) is 7.75. The molecule has 0 amide bonds. The number of esters is 1. The molecule has 1 heterocycles. The van der Waals surface area contributed by atoms with Crippen molar-refractivity contribution >= 4 is 11.8 Å². The Bertz CT molecular complexity index is 713. The van der Waals surface area contributed by atoms with Crippen molar-refractivity contribution in [3.8, 4) is 5.75 Å². The number of benzene rings is 1. The smallest absolute Gasteiger partial charge is 0.338 e. The molecule has 1 saturated heterocycles. The summed E-state index contributed by atoms with van der Waals surface area (Å²) in [5, 5.41) is 19.7. The number of allylic oxidation sites excluding steroid dienone is 2. The Morgan fingerprint density at radius 3 is 2.63 bits per heavy atom. The van der Waals surface area contributed by atoms with E-state index in [1.54, 1.807) is 13.0 Å². The van der Waals surface area contributed by atoms with Gasteiger partial charge in [-0.25, -0.2) is 4.79 Å². The molecule has 1 aliphatic heterocycles. The van der Waals surface area contributed by atoms with Crippen LogP contribution in [0.5, 0.6) is 5.75 Å². The van der Waals surface area contributed by atoms with Gasteiger partial charge in [0.05, 0.1) is 17.8 Å². The topological polar surface area (TPSA) is 102 Å². The van der Waals surface area contributed by atoms with E-state index >= 15 is 0 Å². The van der Waals surface area contributed by atoms with Crippen LogP contribution in [0.2, 0.25) is 0 Å². The zero-order valence-corrected chi connectivity index (χ0v) is 17.8. The number of phenolic OH excluding ortho intramolecular Hbond substituents is 1. The van der Waals surface area contributed by atoms with Gasteiger partial charge in [0.2, 0.25) is 0 Å². The molecule has 2 unspecified atom stereocenters. The van der Waals surface area contributed by atoms with E-state index in [4.69, 9.17) is 14.2 Å². The van der Waals surface area contributed by atoms with Crippen LogP contribution < -0.4 is 0 Å². The fraction of sp³-hybridized carbons (Fsp3) is 0.565. The second kappa shape index (κ2) is 11.8. The first-order chi connectivity index (χ1) is 14.3. The quantitative estimate of drug-likeness (QED) is 0.339. The summed E-state index contributed by atoms with van der Waals surface area (Å²) in [6, 6.07) is 5.78. The van der Waals surface area contributed by atoms with Crippen LogP contribution in [0.1, 0.15) is 63.2 Å². The highest BCUT2D eigenvalue weighted by Crippen LogP contribution is 2.26. The molecule has 1 aliphatic rings. The van der Waals surface area contributed by atoms with Crippen LogP contribution in [0.3, 0.4) is 0 Å². The molecule has 1 fully saturated rings. The molecule has 7 nitrogen and oxygen atoms in total. The molecular formula is C23H32O7. The number of hydrogen-bond donors (Lipinski definition) is 2. The van der Waals surface area contributed by atoms with Crippen molar-refractivity contribution in [1.82, 2.24) is 0 Å². The summed E-state index contributed by atoms with van der Waals surface area (Å²) in [7, 11) is 0. The van der Waals surface area contributed by atoms with Crippen LogP contribution in [-0.4, -0.2) is 52.7 Å². The van der Waals surface area contributed by atoms with Gasteiger partial charge in [-0.3, -0.25) is 4.79 Å². The first-order valence-electron chi connectivity index (χ1n) is 10.4. The molecule has 1 aromatic rings. The van der Waals surface area contributed by atoms with Crippen molar-refractivity contribution in [2.45, 2.75) is 83.6 Å². The summed E-state index contributed by atoms with van der Waals surface area (Å²) in [6.07, 6.45) is 4.45. The molecule has 2 N–H and O–H groups in total. The minimum atomic E-state index is -0.903. The van der Waals surface area contributed by atoms with Gasteiger partial charge in [-0.2, -0.15) is 0 Å². The number of carbonyl (C=O) groups excluding carboxylic acids is 2. The van der Waals surface area contributed by atoms with Gasteiger partial charge >= 0.3 is 5.97 Å². The largest absolute Gasteiger partial charge is 0.508 e.